The Hall–Kier alpha value is -4.45. The lowest BCUT2D eigenvalue weighted by Gasteiger charge is -2.70. The van der Waals surface area contributed by atoms with Crippen LogP contribution >= 0.6 is 15.9 Å². The van der Waals surface area contributed by atoms with Crippen molar-refractivity contribution in [1.29, 1.82) is 0 Å². The first kappa shape index (κ1) is 34.0. The minimum atomic E-state index is -4.14. The molecule has 2 atom stereocenters. The predicted molar refractivity (Wildman–Crippen MR) is 197 cm³/mol. The molecular formula is C40H36BrN3O5S. The molecule has 0 unspecified atom stereocenters. The third-order valence-corrected chi connectivity index (χ3v) is 12.5. The molecule has 2 saturated heterocycles. The smallest absolute Gasteiger partial charge is 0.289 e. The fourth-order valence-electron chi connectivity index (χ4n) is 7.87. The van der Waals surface area contributed by atoms with Crippen molar-refractivity contribution in [1.82, 2.24) is 9.21 Å². The average molecular weight is 751 g/mol. The van der Waals surface area contributed by atoms with Gasteiger partial charge < -0.3 is 4.74 Å². The van der Waals surface area contributed by atoms with Crippen LogP contribution in [0.5, 0.6) is 0 Å². The number of halogens is 1. The van der Waals surface area contributed by atoms with Gasteiger partial charge in [-0.05, 0) is 40.5 Å². The number of nitrogens with zero attached hydrogens (tertiary/aromatic N) is 3. The number of benzene rings is 5. The van der Waals surface area contributed by atoms with E-state index in [4.69, 9.17) is 4.74 Å². The SMILES string of the molecule is C=CCN1[C@@H](COC(c2ccccc2)(c2ccccc2)c2ccccc2)[C@@H](c2ccc(Br)cc2)C12CN(S(=O)(=O)c1ccccc1[N+](=O)[O-])C2. The molecule has 0 aromatic heterocycles. The maximum absolute atomic E-state index is 13.9. The Kier molecular flexibility index (Phi) is 9.32. The highest BCUT2D eigenvalue weighted by Gasteiger charge is 2.67. The quantitative estimate of drug-likeness (QED) is 0.0561. The zero-order valence-electron chi connectivity index (χ0n) is 27.2. The van der Waals surface area contributed by atoms with E-state index in [1.54, 1.807) is 0 Å². The van der Waals surface area contributed by atoms with Gasteiger partial charge in [0.15, 0.2) is 4.90 Å². The molecule has 1 spiro atoms. The van der Waals surface area contributed by atoms with E-state index >= 15 is 0 Å². The maximum atomic E-state index is 13.9. The van der Waals surface area contributed by atoms with Crippen LogP contribution in [0.3, 0.4) is 0 Å². The van der Waals surface area contributed by atoms with Crippen LogP contribution in [-0.2, 0) is 20.4 Å². The standard InChI is InChI=1S/C40H36BrN3O5S/c1-2-26-43-36(27-49-40(31-14-6-3-7-15-31,32-16-8-4-9-17-32)33-18-10-5-11-19-33)38(30-22-24-34(41)25-23-30)39(43)28-42(29-39)50(47,48)37-21-13-12-20-35(37)44(45)46/h2-25,36,38H,1,26-29H2/t36-,38+/m0/s1. The number of rotatable bonds is 12. The van der Waals surface area contributed by atoms with Gasteiger partial charge in [-0.2, -0.15) is 4.31 Å². The van der Waals surface area contributed by atoms with Crippen molar-refractivity contribution in [3.05, 3.63) is 189 Å². The van der Waals surface area contributed by atoms with Crippen molar-refractivity contribution in [2.45, 2.75) is 28.0 Å². The summed E-state index contributed by atoms with van der Waals surface area (Å²) in [6.45, 7) is 5.24. The minimum absolute atomic E-state index is 0.104. The Morgan fingerprint density at radius 2 is 1.32 bits per heavy atom. The van der Waals surface area contributed by atoms with Crippen molar-refractivity contribution in [2.24, 2.45) is 0 Å². The van der Waals surface area contributed by atoms with Gasteiger partial charge in [-0.1, -0.05) is 137 Å². The molecule has 2 fully saturated rings. The number of hydrogen-bond donors (Lipinski definition) is 0. The zero-order chi connectivity index (χ0) is 34.9. The number of para-hydroxylation sites is 1. The van der Waals surface area contributed by atoms with E-state index in [1.165, 1.54) is 28.6 Å². The third-order valence-electron chi connectivity index (χ3n) is 10.1. The van der Waals surface area contributed by atoms with Gasteiger partial charge in [-0.25, -0.2) is 8.42 Å². The van der Waals surface area contributed by atoms with Crippen LogP contribution in [0, 0.1) is 10.1 Å². The number of hydrogen-bond acceptors (Lipinski definition) is 6. The van der Waals surface area contributed by atoms with Gasteiger partial charge >= 0.3 is 0 Å². The van der Waals surface area contributed by atoms with Crippen LogP contribution in [0.1, 0.15) is 28.2 Å². The Bertz CT molecular complexity index is 2000. The van der Waals surface area contributed by atoms with Gasteiger partial charge in [-0.15, -0.1) is 6.58 Å². The lowest BCUT2D eigenvalue weighted by atomic mass is 9.61. The lowest BCUT2D eigenvalue weighted by molar-refractivity contribution is -0.387. The Morgan fingerprint density at radius 1 is 0.820 bits per heavy atom. The van der Waals surface area contributed by atoms with Crippen LogP contribution in [-0.4, -0.2) is 60.4 Å². The molecule has 0 bridgehead atoms. The first-order chi connectivity index (χ1) is 24.2. The molecule has 0 saturated carbocycles. The van der Waals surface area contributed by atoms with Gasteiger partial charge in [0.05, 0.1) is 17.1 Å². The van der Waals surface area contributed by atoms with Crippen LogP contribution in [0.15, 0.2) is 162 Å². The molecule has 2 aliphatic rings. The fourth-order valence-corrected chi connectivity index (χ4v) is 9.85. The van der Waals surface area contributed by atoms with Crippen molar-refractivity contribution in [2.75, 3.05) is 26.2 Å². The third kappa shape index (κ3) is 5.71. The van der Waals surface area contributed by atoms with E-state index in [-0.39, 0.29) is 29.9 Å². The summed E-state index contributed by atoms with van der Waals surface area (Å²) >= 11 is 3.57. The summed E-state index contributed by atoms with van der Waals surface area (Å²) in [6, 6.07) is 44.2. The molecule has 10 heteroatoms. The van der Waals surface area contributed by atoms with E-state index in [2.05, 4.69) is 75.9 Å². The first-order valence-corrected chi connectivity index (χ1v) is 18.6. The second-order valence-electron chi connectivity index (χ2n) is 12.7. The molecule has 7 rings (SSSR count). The average Bonchev–Trinajstić information content (AvgIpc) is 3.12. The van der Waals surface area contributed by atoms with Gasteiger partial charge in [0, 0.05) is 42.1 Å². The van der Waals surface area contributed by atoms with Crippen LogP contribution in [0.25, 0.3) is 0 Å². The Balaban J connectivity index is 1.28. The molecule has 5 aromatic rings. The summed E-state index contributed by atoms with van der Waals surface area (Å²) in [6.07, 6.45) is 1.84. The summed E-state index contributed by atoms with van der Waals surface area (Å²) in [7, 11) is -4.14. The predicted octanol–water partition coefficient (Wildman–Crippen LogP) is 7.76. The van der Waals surface area contributed by atoms with Gasteiger partial charge in [0.2, 0.25) is 10.0 Å². The summed E-state index contributed by atoms with van der Waals surface area (Å²) < 4.78 is 37.4. The molecule has 5 aromatic carbocycles. The zero-order valence-corrected chi connectivity index (χ0v) is 29.6. The summed E-state index contributed by atoms with van der Waals surface area (Å²) in [5.74, 6) is -0.104. The van der Waals surface area contributed by atoms with Crippen LogP contribution < -0.4 is 0 Å². The summed E-state index contributed by atoms with van der Waals surface area (Å²) in [5.41, 5.74) is 2.11. The van der Waals surface area contributed by atoms with Crippen LogP contribution in [0.4, 0.5) is 5.69 Å². The topological polar surface area (TPSA) is 93.0 Å². The van der Waals surface area contributed by atoms with Crippen molar-refractivity contribution in [3.8, 4) is 0 Å². The molecule has 50 heavy (non-hydrogen) atoms. The Labute approximate surface area is 301 Å². The van der Waals surface area contributed by atoms with Crippen molar-refractivity contribution < 1.29 is 18.1 Å². The normalized spacial score (nSPS) is 19.0. The highest BCUT2D eigenvalue weighted by Crippen LogP contribution is 2.56. The summed E-state index contributed by atoms with van der Waals surface area (Å²) in [5, 5.41) is 11.8. The number of nitro groups is 1. The van der Waals surface area contributed by atoms with Crippen molar-refractivity contribution >= 4 is 31.6 Å². The Morgan fingerprint density at radius 3 is 1.82 bits per heavy atom. The molecular weight excluding hydrogens is 714 g/mol. The molecule has 0 radical (unpaired) electrons. The largest absolute Gasteiger partial charge is 0.359 e. The van der Waals surface area contributed by atoms with E-state index in [0.29, 0.717) is 13.2 Å². The molecule has 0 amide bonds. The van der Waals surface area contributed by atoms with E-state index in [1.807, 2.05) is 72.8 Å². The fraction of sp³-hybridized carbons (Fsp3) is 0.200. The van der Waals surface area contributed by atoms with E-state index in [0.717, 1.165) is 26.7 Å². The number of ether oxygens (including phenoxy) is 1. The van der Waals surface area contributed by atoms with E-state index < -0.39 is 31.8 Å². The second kappa shape index (κ2) is 13.7. The molecule has 0 N–H and O–H groups in total. The number of nitro benzene ring substituents is 1. The van der Waals surface area contributed by atoms with Crippen LogP contribution in [0.2, 0.25) is 0 Å². The maximum Gasteiger partial charge on any atom is 0.289 e. The molecule has 0 aliphatic carbocycles. The molecule has 254 valence electrons. The lowest BCUT2D eigenvalue weighted by Crippen LogP contribution is -2.85. The number of sulfonamides is 1. The number of likely N-dealkylation sites (tertiary alicyclic amines) is 1. The highest BCUT2D eigenvalue weighted by atomic mass is 79.9. The minimum Gasteiger partial charge on any atom is -0.359 e. The van der Waals surface area contributed by atoms with Gasteiger partial charge in [0.25, 0.3) is 5.69 Å². The first-order valence-electron chi connectivity index (χ1n) is 16.4. The highest BCUT2D eigenvalue weighted by molar-refractivity contribution is 9.10. The monoisotopic (exact) mass is 749 g/mol. The molecule has 2 aliphatic heterocycles. The van der Waals surface area contributed by atoms with Gasteiger partial charge in [-0.3, -0.25) is 15.0 Å². The molecule has 2 heterocycles. The van der Waals surface area contributed by atoms with Gasteiger partial charge in [0.1, 0.15) is 5.60 Å². The van der Waals surface area contributed by atoms with E-state index in [9.17, 15) is 18.5 Å². The molecule has 8 nitrogen and oxygen atoms in total. The van der Waals surface area contributed by atoms with Crippen molar-refractivity contribution in [3.63, 3.8) is 0 Å². The summed E-state index contributed by atoms with van der Waals surface area (Å²) in [4.78, 5) is 13.1. The second-order valence-corrected chi connectivity index (χ2v) is 15.6.